The number of fused-ring (bicyclic) bond motifs is 5. The van der Waals surface area contributed by atoms with E-state index < -0.39 is 17.5 Å². The quantitative estimate of drug-likeness (QED) is 0.248. The van der Waals surface area contributed by atoms with Gasteiger partial charge < -0.3 is 14.6 Å². The van der Waals surface area contributed by atoms with Crippen molar-refractivity contribution in [3.05, 3.63) is 0 Å². The van der Waals surface area contributed by atoms with E-state index in [4.69, 9.17) is 29.0 Å². The Hall–Kier alpha value is -1.75. The first-order valence-corrected chi connectivity index (χ1v) is 17.5. The van der Waals surface area contributed by atoms with Crippen LogP contribution in [0.2, 0.25) is 0 Å². The summed E-state index contributed by atoms with van der Waals surface area (Å²) >= 11 is 0. The fourth-order valence-corrected chi connectivity index (χ4v) is 11.2. The zero-order valence-electron chi connectivity index (χ0n) is 28.0. The third-order valence-electron chi connectivity index (χ3n) is 13.7. The molecule has 1 N–H and O–H groups in total. The van der Waals surface area contributed by atoms with Gasteiger partial charge in [-0.15, -0.1) is 0 Å². The van der Waals surface area contributed by atoms with Crippen molar-refractivity contribution in [2.75, 3.05) is 0 Å². The summed E-state index contributed by atoms with van der Waals surface area (Å²) in [6.07, 6.45) is 8.84. The van der Waals surface area contributed by atoms with E-state index in [0.717, 1.165) is 44.9 Å². The van der Waals surface area contributed by atoms with Crippen LogP contribution in [0, 0.1) is 52.3 Å². The first-order valence-electron chi connectivity index (χ1n) is 17.5. The summed E-state index contributed by atoms with van der Waals surface area (Å²) in [5.41, 5.74) is -0.466. The van der Waals surface area contributed by atoms with Gasteiger partial charge in [0.25, 0.3) is 0 Å². The Kier molecular flexibility index (Phi) is 8.88. The van der Waals surface area contributed by atoms with Gasteiger partial charge >= 0.3 is 17.9 Å². The lowest BCUT2D eigenvalue weighted by atomic mass is 9.42. The lowest BCUT2D eigenvalue weighted by Crippen LogP contribution is -2.65. The SMILES string of the molecule is CC(=O)OC1C[C@@H]2CC3(CC[C@]2(C)C2C[C@H](OC(C)=O)[C@@]4(C)C(CC[C@@H]4C(C)CCC(=O)O)C12)OOC1(CCC(C)CC1)OO3. The zero-order chi connectivity index (χ0) is 32.4. The summed E-state index contributed by atoms with van der Waals surface area (Å²) < 4.78 is 12.4. The van der Waals surface area contributed by atoms with Crippen LogP contribution in [0.3, 0.4) is 0 Å². The van der Waals surface area contributed by atoms with E-state index in [0.29, 0.717) is 38.0 Å². The van der Waals surface area contributed by atoms with E-state index in [2.05, 4.69) is 27.7 Å². The maximum absolute atomic E-state index is 12.6. The van der Waals surface area contributed by atoms with Crippen molar-refractivity contribution < 1.29 is 48.5 Å². The number of hydrogen-bond donors (Lipinski definition) is 1. The van der Waals surface area contributed by atoms with Crippen LogP contribution >= 0.6 is 0 Å². The van der Waals surface area contributed by atoms with Gasteiger partial charge in [0, 0.05) is 57.3 Å². The maximum atomic E-state index is 12.6. The third-order valence-corrected chi connectivity index (χ3v) is 13.7. The monoisotopic (exact) mass is 634 g/mol. The second kappa shape index (κ2) is 12.0. The van der Waals surface area contributed by atoms with E-state index in [1.165, 1.54) is 13.8 Å². The lowest BCUT2D eigenvalue weighted by molar-refractivity contribution is -0.665. The molecule has 5 aliphatic carbocycles. The molecular formula is C35H54O10. The highest BCUT2D eigenvalue weighted by atomic mass is 17.4. The molecule has 10 atom stereocenters. The summed E-state index contributed by atoms with van der Waals surface area (Å²) in [4.78, 5) is 61.0. The molecule has 6 fully saturated rings. The van der Waals surface area contributed by atoms with Crippen LogP contribution in [0.1, 0.15) is 125 Å². The van der Waals surface area contributed by atoms with Crippen molar-refractivity contribution in [3.8, 4) is 0 Å². The first kappa shape index (κ1) is 33.2. The Morgan fingerprint density at radius 3 is 2.11 bits per heavy atom. The molecule has 0 radical (unpaired) electrons. The summed E-state index contributed by atoms with van der Waals surface area (Å²) in [6.45, 7) is 12.0. The molecule has 1 aliphatic heterocycles. The predicted molar refractivity (Wildman–Crippen MR) is 161 cm³/mol. The van der Waals surface area contributed by atoms with Gasteiger partial charge in [-0.25, -0.2) is 0 Å². The van der Waals surface area contributed by atoms with Gasteiger partial charge in [0.1, 0.15) is 12.2 Å². The standard InChI is InChI=1S/C35H54O10/c1-20-11-13-34(14-12-20)42-44-35(45-43-34)16-15-32(5)24(19-35)17-28(40-22(3)36)31-26-9-8-25(21(2)7-10-30(38)39)33(26,6)29(18-27(31)32)41-23(4)37/h20-21,24-29,31H,7-19H2,1-6H3,(H,38,39)/t20?,21?,24-,25-,26?,27?,28?,29+,31?,32+,33-,34?,35?/m1/s1. The first-order chi connectivity index (χ1) is 21.2. The van der Waals surface area contributed by atoms with E-state index in [-0.39, 0.29) is 76.9 Å². The van der Waals surface area contributed by atoms with E-state index in [1.807, 2.05) is 0 Å². The molecule has 0 bridgehead atoms. The van der Waals surface area contributed by atoms with Crippen LogP contribution in [0.15, 0.2) is 0 Å². The molecule has 1 heterocycles. The number of ether oxygens (including phenoxy) is 2. The van der Waals surface area contributed by atoms with Crippen molar-refractivity contribution in [3.63, 3.8) is 0 Å². The lowest BCUT2D eigenvalue weighted by Gasteiger charge is -2.65. The summed E-state index contributed by atoms with van der Waals surface area (Å²) in [5.74, 6) is -1.66. The summed E-state index contributed by atoms with van der Waals surface area (Å²) in [5, 5.41) is 9.40. The molecule has 0 aromatic rings. The second-order valence-corrected chi connectivity index (χ2v) is 16.2. The van der Waals surface area contributed by atoms with Crippen molar-refractivity contribution in [2.24, 2.45) is 52.3 Å². The zero-order valence-corrected chi connectivity index (χ0v) is 28.0. The average molecular weight is 635 g/mol. The fourth-order valence-electron chi connectivity index (χ4n) is 11.2. The summed E-state index contributed by atoms with van der Waals surface area (Å²) in [6, 6.07) is 0. The van der Waals surface area contributed by atoms with Gasteiger partial charge in [0.05, 0.1) is 0 Å². The van der Waals surface area contributed by atoms with Crippen LogP contribution in [0.25, 0.3) is 0 Å². The topological polar surface area (TPSA) is 127 Å². The van der Waals surface area contributed by atoms with E-state index in [9.17, 15) is 19.5 Å². The van der Waals surface area contributed by atoms with Gasteiger partial charge in [0.15, 0.2) is 0 Å². The minimum Gasteiger partial charge on any atom is -0.481 e. The number of rotatable bonds is 6. The van der Waals surface area contributed by atoms with Crippen molar-refractivity contribution in [2.45, 2.75) is 149 Å². The molecule has 0 aromatic heterocycles. The molecule has 0 aromatic carbocycles. The fraction of sp³-hybridized carbons (Fsp3) is 0.914. The minimum atomic E-state index is -1.01. The van der Waals surface area contributed by atoms with E-state index in [1.54, 1.807) is 0 Å². The molecule has 1 saturated heterocycles. The van der Waals surface area contributed by atoms with Crippen molar-refractivity contribution in [1.82, 2.24) is 0 Å². The Morgan fingerprint density at radius 2 is 1.49 bits per heavy atom. The highest BCUT2D eigenvalue weighted by molar-refractivity contribution is 5.67. The Bertz CT molecular complexity index is 1140. The molecule has 0 amide bonds. The van der Waals surface area contributed by atoms with Crippen LogP contribution < -0.4 is 0 Å². The number of esters is 2. The molecule has 10 nitrogen and oxygen atoms in total. The largest absolute Gasteiger partial charge is 0.481 e. The number of hydrogen-bond acceptors (Lipinski definition) is 9. The Balaban J connectivity index is 1.28. The number of aliphatic carboxylic acids is 1. The van der Waals surface area contributed by atoms with Crippen molar-refractivity contribution >= 4 is 17.9 Å². The van der Waals surface area contributed by atoms with Gasteiger partial charge in [0.2, 0.25) is 11.6 Å². The average Bonchev–Trinajstić information content (AvgIpc) is 3.34. The predicted octanol–water partition coefficient (Wildman–Crippen LogP) is 6.74. The van der Waals surface area contributed by atoms with Crippen LogP contribution in [0.5, 0.6) is 0 Å². The molecule has 254 valence electrons. The maximum Gasteiger partial charge on any atom is 0.303 e. The van der Waals surface area contributed by atoms with Gasteiger partial charge in [-0.1, -0.05) is 27.7 Å². The smallest absolute Gasteiger partial charge is 0.303 e. The highest BCUT2D eigenvalue weighted by Gasteiger charge is 2.69. The number of carbonyl (C=O) groups is 3. The normalized spacial score (nSPS) is 48.1. The Labute approximate surface area is 267 Å². The van der Waals surface area contributed by atoms with E-state index >= 15 is 0 Å². The molecule has 6 aliphatic rings. The van der Waals surface area contributed by atoms with Crippen molar-refractivity contribution in [1.29, 1.82) is 0 Å². The number of carbonyl (C=O) groups excluding carboxylic acids is 2. The van der Waals surface area contributed by atoms with Gasteiger partial charge in [-0.3, -0.25) is 14.4 Å². The highest BCUT2D eigenvalue weighted by Crippen LogP contribution is 2.70. The van der Waals surface area contributed by atoms with Crippen LogP contribution in [-0.2, 0) is 43.4 Å². The summed E-state index contributed by atoms with van der Waals surface area (Å²) in [7, 11) is 0. The van der Waals surface area contributed by atoms with Crippen LogP contribution in [0.4, 0.5) is 0 Å². The number of carboxylic acid groups (broad SMARTS) is 1. The number of carboxylic acids is 1. The van der Waals surface area contributed by atoms with Crippen LogP contribution in [-0.4, -0.2) is 46.8 Å². The molecule has 2 spiro atoms. The van der Waals surface area contributed by atoms with Gasteiger partial charge in [-0.2, -0.15) is 19.6 Å². The second-order valence-electron chi connectivity index (χ2n) is 16.2. The molecular weight excluding hydrogens is 580 g/mol. The molecule has 5 unspecified atom stereocenters. The third kappa shape index (κ3) is 5.84. The van der Waals surface area contributed by atoms with Gasteiger partial charge in [-0.05, 0) is 92.3 Å². The molecule has 45 heavy (non-hydrogen) atoms. The molecule has 6 rings (SSSR count). The molecule has 10 heteroatoms. The minimum absolute atomic E-state index is 0.110. The molecule has 5 saturated carbocycles. The Morgan fingerprint density at radius 1 is 0.844 bits per heavy atom.